The maximum Gasteiger partial charge on any atom is 0.303 e. The Balaban J connectivity index is 2.16. The molecule has 0 saturated heterocycles. The molecule has 0 atom stereocenters. The zero-order valence-corrected chi connectivity index (χ0v) is 16.6. The van der Waals surface area contributed by atoms with Crippen LogP contribution in [0.15, 0.2) is 53.6 Å². The summed E-state index contributed by atoms with van der Waals surface area (Å²) in [5, 5.41) is 9.02. The van der Waals surface area contributed by atoms with Crippen LogP contribution in [0.2, 0.25) is 0 Å². The number of anilines is 1. The quantitative estimate of drug-likeness (QED) is 0.344. The molecule has 0 amide bonds. The van der Waals surface area contributed by atoms with Crippen molar-refractivity contribution in [3.63, 3.8) is 0 Å². The lowest BCUT2D eigenvalue weighted by molar-refractivity contribution is -0.136. The second-order valence-electron chi connectivity index (χ2n) is 6.39. The number of ether oxygens (including phenoxy) is 1. The van der Waals surface area contributed by atoms with E-state index < -0.39 is 5.97 Å². The third kappa shape index (κ3) is 6.25. The molecule has 0 saturated carbocycles. The predicted molar refractivity (Wildman–Crippen MR) is 110 cm³/mol. The lowest BCUT2D eigenvalue weighted by atomic mass is 10.0. The molecule has 0 aliphatic rings. The second kappa shape index (κ2) is 9.92. The third-order valence-electron chi connectivity index (χ3n) is 4.10. The average molecular weight is 388 g/mol. The summed E-state index contributed by atoms with van der Waals surface area (Å²) in [6.45, 7) is 4.29. The number of carboxylic acid groups (broad SMARTS) is 1. The highest BCUT2D eigenvalue weighted by Gasteiger charge is 2.11. The van der Waals surface area contributed by atoms with E-state index in [-0.39, 0.29) is 6.42 Å². The van der Waals surface area contributed by atoms with Gasteiger partial charge < -0.3 is 19.8 Å². The Labute approximate surface area is 164 Å². The molecular formula is C21H25NO4S. The molecule has 0 aromatic heterocycles. The lowest BCUT2D eigenvalue weighted by Gasteiger charge is -2.12. The van der Waals surface area contributed by atoms with Crippen LogP contribution in [-0.2, 0) is 8.98 Å². The number of rotatable bonds is 9. The van der Waals surface area contributed by atoms with Crippen molar-refractivity contribution in [3.8, 4) is 5.75 Å². The van der Waals surface area contributed by atoms with Crippen molar-refractivity contribution in [3.05, 3.63) is 59.9 Å². The maximum atomic E-state index is 11.0. The number of carboxylic acids is 1. The smallest absolute Gasteiger partial charge is 0.303 e. The number of nitrogen functional groups attached to an aromatic ring is 1. The van der Waals surface area contributed by atoms with E-state index in [1.165, 1.54) is 17.6 Å². The van der Waals surface area contributed by atoms with Gasteiger partial charge in [0.2, 0.25) is 0 Å². The van der Waals surface area contributed by atoms with E-state index in [2.05, 4.69) is 26.0 Å². The van der Waals surface area contributed by atoms with Crippen molar-refractivity contribution in [1.29, 1.82) is 0 Å². The molecule has 0 unspecified atom stereocenters. The summed E-state index contributed by atoms with van der Waals surface area (Å²) in [4.78, 5) is 12.0. The highest BCUT2D eigenvalue weighted by Crippen LogP contribution is 2.31. The summed E-state index contributed by atoms with van der Waals surface area (Å²) >= 11 is 1.22. The number of nitrogens with two attached hydrogens (primary N) is 1. The molecule has 3 N–H and O–H groups in total. The van der Waals surface area contributed by atoms with Gasteiger partial charge in [0, 0.05) is 22.6 Å². The van der Waals surface area contributed by atoms with Gasteiger partial charge in [-0.3, -0.25) is 4.79 Å². The number of hydrogen-bond donors (Lipinski definition) is 2. The van der Waals surface area contributed by atoms with Crippen LogP contribution in [-0.4, -0.2) is 18.2 Å². The summed E-state index contributed by atoms with van der Waals surface area (Å²) in [6, 6.07) is 13.4. The maximum absolute atomic E-state index is 11.0. The molecule has 0 aliphatic heterocycles. The lowest BCUT2D eigenvalue weighted by Crippen LogP contribution is -1.99. The fraction of sp³-hybridized carbons (Fsp3) is 0.286. The van der Waals surface area contributed by atoms with Crippen molar-refractivity contribution in [2.45, 2.75) is 37.5 Å². The Morgan fingerprint density at radius 2 is 1.89 bits per heavy atom. The van der Waals surface area contributed by atoms with Gasteiger partial charge in [-0.15, -0.1) is 0 Å². The van der Waals surface area contributed by atoms with E-state index in [1.54, 1.807) is 31.6 Å². The summed E-state index contributed by atoms with van der Waals surface area (Å²) in [7, 11) is 1.57. The van der Waals surface area contributed by atoms with Gasteiger partial charge in [0.05, 0.1) is 19.2 Å². The first-order valence-electron chi connectivity index (χ1n) is 8.68. The van der Waals surface area contributed by atoms with Gasteiger partial charge >= 0.3 is 5.97 Å². The van der Waals surface area contributed by atoms with Crippen molar-refractivity contribution in [1.82, 2.24) is 0 Å². The molecule has 5 nitrogen and oxygen atoms in total. The number of hydrogen-bond acceptors (Lipinski definition) is 5. The zero-order chi connectivity index (χ0) is 19.8. The average Bonchev–Trinajstić information content (AvgIpc) is 2.65. The molecule has 0 radical (unpaired) electrons. The third-order valence-corrected chi connectivity index (χ3v) is 4.75. The van der Waals surface area contributed by atoms with Gasteiger partial charge in [-0.2, -0.15) is 0 Å². The van der Waals surface area contributed by atoms with Gasteiger partial charge in [0.25, 0.3) is 0 Å². The van der Waals surface area contributed by atoms with Crippen LogP contribution in [0, 0.1) is 0 Å². The Kier molecular flexibility index (Phi) is 7.61. The fourth-order valence-electron chi connectivity index (χ4n) is 2.49. The second-order valence-corrected chi connectivity index (χ2v) is 7.22. The van der Waals surface area contributed by atoms with E-state index in [1.807, 2.05) is 12.1 Å². The van der Waals surface area contributed by atoms with Crippen LogP contribution >= 0.6 is 12.0 Å². The molecule has 2 aromatic rings. The van der Waals surface area contributed by atoms with Crippen LogP contribution < -0.4 is 10.5 Å². The van der Waals surface area contributed by atoms with Crippen molar-refractivity contribution in [2.75, 3.05) is 12.8 Å². The van der Waals surface area contributed by atoms with E-state index in [0.717, 1.165) is 4.90 Å². The van der Waals surface area contributed by atoms with Gasteiger partial charge in [-0.05, 0) is 53.8 Å². The Hall–Kier alpha value is -2.60. The standard InChI is InChI=1S/C21H25NO4S/c1-14(2)15-4-8-18(9-5-15)27-26-13-16(6-11-21(23)24)19-12-17(25-3)7-10-20(19)22/h4-5,7-10,12-14H,6,11,22H2,1-3H3,(H,23,24)/b16-13-. The molecule has 6 heteroatoms. The number of methoxy groups -OCH3 is 1. The normalized spacial score (nSPS) is 11.5. The van der Waals surface area contributed by atoms with Gasteiger partial charge in [-0.1, -0.05) is 26.0 Å². The van der Waals surface area contributed by atoms with E-state index >= 15 is 0 Å². The fourth-order valence-corrected chi connectivity index (χ4v) is 3.01. The first-order chi connectivity index (χ1) is 12.9. The summed E-state index contributed by atoms with van der Waals surface area (Å²) in [5.41, 5.74) is 9.30. The molecular weight excluding hydrogens is 362 g/mol. The van der Waals surface area contributed by atoms with Gasteiger partial charge in [0.15, 0.2) is 0 Å². The molecule has 27 heavy (non-hydrogen) atoms. The number of benzene rings is 2. The monoisotopic (exact) mass is 387 g/mol. The minimum atomic E-state index is -0.876. The molecule has 0 aliphatic carbocycles. The van der Waals surface area contributed by atoms with Crippen LogP contribution in [0.25, 0.3) is 5.57 Å². The van der Waals surface area contributed by atoms with Gasteiger partial charge in [0.1, 0.15) is 12.0 Å². The first-order valence-corrected chi connectivity index (χ1v) is 9.43. The summed E-state index contributed by atoms with van der Waals surface area (Å²) < 4.78 is 10.9. The molecule has 0 spiro atoms. The van der Waals surface area contributed by atoms with Crippen molar-refractivity contribution < 1.29 is 18.8 Å². The molecule has 0 fully saturated rings. The van der Waals surface area contributed by atoms with E-state index in [4.69, 9.17) is 19.8 Å². The Morgan fingerprint density at radius 3 is 2.48 bits per heavy atom. The van der Waals surface area contributed by atoms with Crippen LogP contribution in [0.5, 0.6) is 5.75 Å². The molecule has 0 heterocycles. The molecule has 2 aromatic carbocycles. The van der Waals surface area contributed by atoms with Crippen LogP contribution in [0.1, 0.15) is 43.7 Å². The highest BCUT2D eigenvalue weighted by molar-refractivity contribution is 7.94. The topological polar surface area (TPSA) is 81.8 Å². The summed E-state index contributed by atoms with van der Waals surface area (Å²) in [6.07, 6.45) is 1.86. The molecule has 144 valence electrons. The summed E-state index contributed by atoms with van der Waals surface area (Å²) in [5.74, 6) is 0.250. The van der Waals surface area contributed by atoms with Crippen molar-refractivity contribution >= 4 is 29.3 Å². The van der Waals surface area contributed by atoms with Crippen LogP contribution in [0.4, 0.5) is 5.69 Å². The van der Waals surface area contributed by atoms with Crippen LogP contribution in [0.3, 0.4) is 0 Å². The van der Waals surface area contributed by atoms with Gasteiger partial charge in [-0.25, -0.2) is 0 Å². The Bertz CT molecular complexity index is 800. The first kappa shape index (κ1) is 20.7. The minimum Gasteiger partial charge on any atom is -0.497 e. The number of allylic oxidation sites excluding steroid dienone is 1. The number of aliphatic carboxylic acids is 1. The van der Waals surface area contributed by atoms with E-state index in [0.29, 0.717) is 34.9 Å². The highest BCUT2D eigenvalue weighted by atomic mass is 32.2. The van der Waals surface area contributed by atoms with E-state index in [9.17, 15) is 4.79 Å². The minimum absolute atomic E-state index is 0.0143. The zero-order valence-electron chi connectivity index (χ0n) is 15.8. The van der Waals surface area contributed by atoms with Crippen molar-refractivity contribution in [2.24, 2.45) is 0 Å². The molecule has 0 bridgehead atoms. The molecule has 2 rings (SSSR count). The Morgan fingerprint density at radius 1 is 1.19 bits per heavy atom. The largest absolute Gasteiger partial charge is 0.497 e. The predicted octanol–water partition coefficient (Wildman–Crippen LogP) is 5.33. The SMILES string of the molecule is COc1ccc(N)c(/C(=C\OSc2ccc(C(C)C)cc2)CCC(=O)O)c1. The number of carbonyl (C=O) groups is 1.